The van der Waals surface area contributed by atoms with Crippen LogP contribution in [-0.2, 0) is 4.79 Å². The number of rotatable bonds is 6. The highest BCUT2D eigenvalue weighted by molar-refractivity contribution is 5.84. The second-order valence-corrected chi connectivity index (χ2v) is 8.04. The van der Waals surface area contributed by atoms with Crippen molar-refractivity contribution in [2.75, 3.05) is 52.4 Å². The lowest BCUT2D eigenvalue weighted by atomic mass is 9.83. The van der Waals surface area contributed by atoms with Crippen LogP contribution >= 0.6 is 0 Å². The molecule has 3 aliphatic rings. The Labute approximate surface area is 147 Å². The molecular formula is C19H36N4O. The van der Waals surface area contributed by atoms with Gasteiger partial charge in [-0.15, -0.1) is 0 Å². The van der Waals surface area contributed by atoms with Crippen LogP contribution in [0.25, 0.3) is 0 Å². The molecule has 5 heteroatoms. The van der Waals surface area contributed by atoms with E-state index in [9.17, 15) is 4.79 Å². The summed E-state index contributed by atoms with van der Waals surface area (Å²) in [6.45, 7) is 9.16. The van der Waals surface area contributed by atoms with Gasteiger partial charge >= 0.3 is 0 Å². The second-order valence-electron chi connectivity index (χ2n) is 8.04. The number of hydrogen-bond donors (Lipinski definition) is 1. The minimum absolute atomic E-state index is 0.0858. The van der Waals surface area contributed by atoms with Crippen molar-refractivity contribution < 1.29 is 4.79 Å². The lowest BCUT2D eigenvalue weighted by Crippen LogP contribution is -2.63. The Morgan fingerprint density at radius 3 is 1.79 bits per heavy atom. The summed E-state index contributed by atoms with van der Waals surface area (Å²) < 4.78 is 0. The molecule has 0 aromatic rings. The van der Waals surface area contributed by atoms with Gasteiger partial charge in [0, 0.05) is 13.1 Å². The maximum absolute atomic E-state index is 12.3. The second kappa shape index (κ2) is 8.63. The number of nitrogens with two attached hydrogens (primary N) is 1. The van der Waals surface area contributed by atoms with E-state index in [2.05, 4.69) is 14.7 Å². The Morgan fingerprint density at radius 2 is 1.25 bits per heavy atom. The largest absolute Gasteiger partial charge is 0.368 e. The summed E-state index contributed by atoms with van der Waals surface area (Å²) in [6.07, 6.45) is 11.0. The molecule has 3 fully saturated rings. The number of nitrogens with zero attached hydrogens (tertiary/aromatic N) is 3. The molecule has 5 nitrogen and oxygen atoms in total. The Balaban J connectivity index is 1.43. The van der Waals surface area contributed by atoms with Crippen LogP contribution in [0.3, 0.4) is 0 Å². The molecule has 3 saturated heterocycles. The van der Waals surface area contributed by atoms with Gasteiger partial charge in [0.1, 0.15) is 5.54 Å². The van der Waals surface area contributed by atoms with Gasteiger partial charge in [0.2, 0.25) is 5.91 Å². The van der Waals surface area contributed by atoms with Gasteiger partial charge in [-0.3, -0.25) is 9.69 Å². The zero-order chi connectivity index (χ0) is 16.8. The van der Waals surface area contributed by atoms with Crippen molar-refractivity contribution >= 4 is 5.91 Å². The number of amides is 1. The van der Waals surface area contributed by atoms with Gasteiger partial charge < -0.3 is 15.5 Å². The lowest BCUT2D eigenvalue weighted by molar-refractivity contribution is -0.135. The molecule has 0 radical (unpaired) electrons. The quantitative estimate of drug-likeness (QED) is 0.802. The zero-order valence-electron chi connectivity index (χ0n) is 15.3. The van der Waals surface area contributed by atoms with Crippen LogP contribution in [0.1, 0.15) is 57.8 Å². The van der Waals surface area contributed by atoms with E-state index in [1.54, 1.807) is 0 Å². The fourth-order valence-electron chi connectivity index (χ4n) is 4.89. The van der Waals surface area contributed by atoms with Crippen molar-refractivity contribution in [2.24, 2.45) is 5.73 Å². The minimum Gasteiger partial charge on any atom is -0.368 e. The third-order valence-corrected chi connectivity index (χ3v) is 6.50. The molecule has 0 spiro atoms. The summed E-state index contributed by atoms with van der Waals surface area (Å²) in [7, 11) is 0. The van der Waals surface area contributed by atoms with Crippen molar-refractivity contribution in [1.82, 2.24) is 14.7 Å². The van der Waals surface area contributed by atoms with E-state index < -0.39 is 0 Å². The van der Waals surface area contributed by atoms with Crippen LogP contribution in [0, 0.1) is 0 Å². The predicted octanol–water partition coefficient (Wildman–Crippen LogP) is 1.67. The average molecular weight is 337 g/mol. The third kappa shape index (κ3) is 4.30. The van der Waals surface area contributed by atoms with Crippen LogP contribution in [0.5, 0.6) is 0 Å². The topological polar surface area (TPSA) is 52.8 Å². The van der Waals surface area contributed by atoms with Crippen molar-refractivity contribution in [1.29, 1.82) is 0 Å². The van der Waals surface area contributed by atoms with Crippen LogP contribution in [0.15, 0.2) is 0 Å². The smallest absolute Gasteiger partial charge is 0.238 e. The molecule has 0 unspecified atom stereocenters. The predicted molar refractivity (Wildman–Crippen MR) is 97.9 cm³/mol. The van der Waals surface area contributed by atoms with Crippen LogP contribution in [0.2, 0.25) is 0 Å². The fourth-order valence-corrected chi connectivity index (χ4v) is 4.89. The summed E-state index contributed by atoms with van der Waals surface area (Å²) >= 11 is 0. The Bertz CT molecular complexity index is 394. The molecule has 0 atom stereocenters. The van der Waals surface area contributed by atoms with E-state index in [0.29, 0.717) is 0 Å². The first-order valence-corrected chi connectivity index (χ1v) is 10.2. The third-order valence-electron chi connectivity index (χ3n) is 6.50. The molecule has 3 heterocycles. The van der Waals surface area contributed by atoms with Crippen molar-refractivity contribution in [3.8, 4) is 0 Å². The zero-order valence-corrected chi connectivity index (χ0v) is 15.3. The van der Waals surface area contributed by atoms with E-state index in [4.69, 9.17) is 5.73 Å². The van der Waals surface area contributed by atoms with Gasteiger partial charge in [0.25, 0.3) is 0 Å². The molecule has 0 aromatic carbocycles. The molecule has 3 aliphatic heterocycles. The summed E-state index contributed by atoms with van der Waals surface area (Å²) in [6, 6.07) is 0. The molecule has 3 rings (SSSR count). The molecule has 138 valence electrons. The van der Waals surface area contributed by atoms with E-state index in [0.717, 1.165) is 39.0 Å². The summed E-state index contributed by atoms with van der Waals surface area (Å²) in [5, 5.41) is 0. The molecule has 0 bridgehead atoms. The van der Waals surface area contributed by atoms with Crippen LogP contribution in [0.4, 0.5) is 0 Å². The lowest BCUT2D eigenvalue weighted by Gasteiger charge is -2.48. The number of hydrogen-bond acceptors (Lipinski definition) is 4. The Hall–Kier alpha value is -0.650. The van der Waals surface area contributed by atoms with Crippen molar-refractivity contribution in [3.05, 3.63) is 0 Å². The number of carbonyl (C=O) groups excluding carboxylic acids is 1. The van der Waals surface area contributed by atoms with Crippen molar-refractivity contribution in [3.63, 3.8) is 0 Å². The Morgan fingerprint density at radius 1 is 0.750 bits per heavy atom. The average Bonchev–Trinajstić information content (AvgIpc) is 2.64. The summed E-state index contributed by atoms with van der Waals surface area (Å²) in [5.74, 6) is -0.0858. The van der Waals surface area contributed by atoms with Gasteiger partial charge in [0.05, 0.1) is 0 Å². The molecule has 0 aliphatic carbocycles. The van der Waals surface area contributed by atoms with Crippen molar-refractivity contribution in [2.45, 2.75) is 63.3 Å². The molecular weight excluding hydrogens is 300 g/mol. The minimum atomic E-state index is -0.357. The monoisotopic (exact) mass is 336 g/mol. The highest BCUT2D eigenvalue weighted by Crippen LogP contribution is 2.31. The number of primary amides is 1. The first-order valence-electron chi connectivity index (χ1n) is 10.2. The maximum atomic E-state index is 12.3. The first kappa shape index (κ1) is 18.2. The highest BCUT2D eigenvalue weighted by Gasteiger charge is 2.44. The van der Waals surface area contributed by atoms with Gasteiger partial charge in [0.15, 0.2) is 0 Å². The Kier molecular flexibility index (Phi) is 6.53. The van der Waals surface area contributed by atoms with E-state index in [1.165, 1.54) is 71.1 Å². The number of carbonyl (C=O) groups is 1. The standard InChI is InChI=1S/C19H36N4O/c20-18(24)19(23-14-5-2-6-15-23)8-16-22(17-9-19)13-7-12-21-10-3-1-4-11-21/h1-17H2,(H2,20,24). The van der Waals surface area contributed by atoms with Crippen LogP contribution in [-0.4, -0.2) is 78.5 Å². The van der Waals surface area contributed by atoms with Gasteiger partial charge in [-0.1, -0.05) is 12.8 Å². The maximum Gasteiger partial charge on any atom is 0.238 e. The first-order chi connectivity index (χ1) is 11.7. The molecule has 0 aromatic heterocycles. The molecule has 24 heavy (non-hydrogen) atoms. The number of piperidine rings is 3. The normalized spacial score (nSPS) is 27.2. The summed E-state index contributed by atoms with van der Waals surface area (Å²) in [5.41, 5.74) is 5.51. The number of likely N-dealkylation sites (tertiary alicyclic amines) is 3. The molecule has 1 amide bonds. The summed E-state index contributed by atoms with van der Waals surface area (Å²) in [4.78, 5) is 19.8. The highest BCUT2D eigenvalue weighted by atomic mass is 16.1. The fraction of sp³-hybridized carbons (Fsp3) is 0.947. The van der Waals surface area contributed by atoms with E-state index in [1.807, 2.05) is 0 Å². The molecule has 2 N–H and O–H groups in total. The molecule has 0 saturated carbocycles. The van der Waals surface area contributed by atoms with Crippen LogP contribution < -0.4 is 5.73 Å². The van der Waals surface area contributed by atoms with Gasteiger partial charge in [-0.25, -0.2) is 0 Å². The van der Waals surface area contributed by atoms with E-state index >= 15 is 0 Å². The van der Waals surface area contributed by atoms with Gasteiger partial charge in [-0.2, -0.15) is 0 Å². The van der Waals surface area contributed by atoms with Gasteiger partial charge in [-0.05, 0) is 84.2 Å². The SMILES string of the molecule is NC(=O)C1(N2CCCCC2)CCN(CCCN2CCCCC2)CC1. The van der Waals surface area contributed by atoms with E-state index in [-0.39, 0.29) is 11.4 Å².